The van der Waals surface area contributed by atoms with E-state index in [2.05, 4.69) is 19.9 Å². The highest BCUT2D eigenvalue weighted by Gasteiger charge is 2.38. The molecule has 0 bridgehead atoms. The summed E-state index contributed by atoms with van der Waals surface area (Å²) in [7, 11) is 0. The van der Waals surface area contributed by atoms with E-state index < -0.39 is 55.8 Å². The summed E-state index contributed by atoms with van der Waals surface area (Å²) in [4.78, 5) is 14.0. The molecule has 148 valence electrons. The number of hydrogen-bond donors (Lipinski definition) is 2. The molecule has 13 heteroatoms. The normalized spacial score (nSPS) is 20.5. The third-order valence-electron chi connectivity index (χ3n) is 2.70. The molecule has 0 aliphatic heterocycles. The second kappa shape index (κ2) is 7.71. The van der Waals surface area contributed by atoms with Crippen molar-refractivity contribution in [2.24, 2.45) is 0 Å². The summed E-state index contributed by atoms with van der Waals surface area (Å²) in [5.41, 5.74) is -0.296. The summed E-state index contributed by atoms with van der Waals surface area (Å²) in [6, 6.07) is -3.96. The number of rotatable bonds is 5. The van der Waals surface area contributed by atoms with Crippen molar-refractivity contribution in [3.63, 3.8) is 0 Å². The summed E-state index contributed by atoms with van der Waals surface area (Å²) < 4.78 is 130. The predicted molar refractivity (Wildman–Crippen MR) is 86.3 cm³/mol. The van der Waals surface area contributed by atoms with Gasteiger partial charge < -0.3 is 10.6 Å². The molecule has 6 nitrogen and oxygen atoms in total. The summed E-state index contributed by atoms with van der Waals surface area (Å²) in [6.45, 7) is -7.75. The zero-order valence-corrected chi connectivity index (χ0v) is 13.5. The molecule has 0 aliphatic carbocycles. The third-order valence-corrected chi connectivity index (χ3v) is 2.91. The van der Waals surface area contributed by atoms with E-state index in [1.54, 1.807) is 0 Å². The molecule has 0 spiro atoms. The summed E-state index contributed by atoms with van der Waals surface area (Å²) in [5, 5.41) is 2.52. The van der Waals surface area contributed by atoms with Crippen LogP contribution in [0.5, 0.6) is 0 Å². The fraction of sp³-hybridized carbons (Fsp3) is 0.429. The van der Waals surface area contributed by atoms with Crippen LogP contribution in [0.15, 0.2) is 18.2 Å². The molecule has 0 saturated heterocycles. The van der Waals surface area contributed by atoms with Crippen molar-refractivity contribution in [2.45, 2.75) is 38.1 Å². The van der Waals surface area contributed by atoms with Gasteiger partial charge in [0.2, 0.25) is 11.9 Å². The van der Waals surface area contributed by atoms with Gasteiger partial charge in [0.15, 0.2) is 5.82 Å². The van der Waals surface area contributed by atoms with Crippen LogP contribution < -0.4 is 10.6 Å². The number of anilines is 2. The van der Waals surface area contributed by atoms with E-state index in [4.69, 9.17) is 21.2 Å². The molecule has 2 aromatic heterocycles. The SMILES string of the molecule is [2H]C([2H])([2H])[C@@H](Nc1nc(N[C@]([2H])(C([2H])([2H])[2H])C(F)(F)F)nc(-c2cccc(Cl)n2)n1)C(F)(F)F. The molecule has 0 amide bonds. The Balaban J connectivity index is 2.69. The Morgan fingerprint density at radius 2 is 1.63 bits per heavy atom. The highest BCUT2D eigenvalue weighted by molar-refractivity contribution is 6.29. The van der Waals surface area contributed by atoms with Gasteiger partial charge in [0.1, 0.15) is 22.9 Å². The molecule has 27 heavy (non-hydrogen) atoms. The Kier molecular flexibility index (Phi) is 3.69. The van der Waals surface area contributed by atoms with Crippen molar-refractivity contribution in [3.05, 3.63) is 23.4 Å². The van der Waals surface area contributed by atoms with Crippen LogP contribution in [-0.2, 0) is 0 Å². The first-order valence-electron chi connectivity index (χ1n) is 10.2. The van der Waals surface area contributed by atoms with E-state index in [1.165, 1.54) is 22.8 Å². The van der Waals surface area contributed by atoms with E-state index in [0.29, 0.717) is 0 Å². The minimum Gasteiger partial charge on any atom is -0.343 e. The average Bonchev–Trinajstić information content (AvgIpc) is 2.62. The van der Waals surface area contributed by atoms with E-state index >= 15 is 0 Å². The maximum atomic E-state index is 13.4. The number of halogens is 7. The van der Waals surface area contributed by atoms with Gasteiger partial charge in [-0.1, -0.05) is 17.7 Å². The monoisotopic (exact) mass is 421 g/mol. The number of alkyl halides is 6. The third kappa shape index (κ3) is 5.81. The predicted octanol–water partition coefficient (Wildman–Crippen LogP) is 4.31. The van der Waals surface area contributed by atoms with Gasteiger partial charge in [-0.3, -0.25) is 0 Å². The summed E-state index contributed by atoms with van der Waals surface area (Å²) >= 11 is 5.71. The van der Waals surface area contributed by atoms with Crippen LogP contribution in [0.4, 0.5) is 38.2 Å². The van der Waals surface area contributed by atoms with Gasteiger partial charge >= 0.3 is 12.4 Å². The van der Waals surface area contributed by atoms with Gasteiger partial charge in [-0.2, -0.15) is 41.3 Å². The summed E-state index contributed by atoms with van der Waals surface area (Å²) in [5.74, 6) is -3.20. The number of aromatic nitrogens is 4. The topological polar surface area (TPSA) is 75.6 Å². The molecule has 2 atom stereocenters. The number of nitrogens with one attached hydrogen (secondary N) is 2. The number of hydrogen-bond acceptors (Lipinski definition) is 6. The highest BCUT2D eigenvalue weighted by Crippen LogP contribution is 2.26. The van der Waals surface area contributed by atoms with E-state index in [0.717, 1.165) is 6.07 Å². The summed E-state index contributed by atoms with van der Waals surface area (Å²) in [6.07, 6.45) is -11.1. The Bertz CT molecular complexity index is 1000. The maximum absolute atomic E-state index is 13.4. The van der Waals surface area contributed by atoms with Crippen molar-refractivity contribution < 1.29 is 35.9 Å². The Morgan fingerprint density at radius 3 is 2.15 bits per heavy atom. The Morgan fingerprint density at radius 1 is 0.963 bits per heavy atom. The van der Waals surface area contributed by atoms with E-state index in [-0.39, 0.29) is 10.8 Å². The second-order valence-corrected chi connectivity index (χ2v) is 5.16. The van der Waals surface area contributed by atoms with Gasteiger partial charge in [-0.15, -0.1) is 0 Å². The van der Waals surface area contributed by atoms with Crippen LogP contribution in [0.2, 0.25) is 5.15 Å². The van der Waals surface area contributed by atoms with Crippen LogP contribution in [-0.4, -0.2) is 44.3 Å². The molecule has 0 fully saturated rings. The van der Waals surface area contributed by atoms with Gasteiger partial charge in [-0.25, -0.2) is 4.98 Å². The first kappa shape index (κ1) is 12.9. The highest BCUT2D eigenvalue weighted by atomic mass is 35.5. The van der Waals surface area contributed by atoms with Gasteiger partial charge in [-0.05, 0) is 25.8 Å². The van der Waals surface area contributed by atoms with E-state index in [1.807, 2.05) is 0 Å². The first-order chi connectivity index (χ1) is 15.1. The Hall–Kier alpha value is -2.37. The second-order valence-electron chi connectivity index (χ2n) is 4.77. The Labute approximate surface area is 164 Å². The lowest BCUT2D eigenvalue weighted by atomic mass is 10.3. The molecule has 0 aliphatic rings. The van der Waals surface area contributed by atoms with Crippen molar-refractivity contribution in [2.75, 3.05) is 10.6 Å². The molecular formula is C14H13ClF6N6. The average molecular weight is 422 g/mol. The van der Waals surface area contributed by atoms with Crippen LogP contribution >= 0.6 is 11.6 Å². The van der Waals surface area contributed by atoms with Crippen molar-refractivity contribution >= 4 is 23.5 Å². The largest absolute Gasteiger partial charge is 0.408 e. The molecular weight excluding hydrogens is 402 g/mol. The number of nitrogens with zero attached hydrogens (tertiary/aromatic N) is 4. The molecule has 0 radical (unpaired) electrons. The van der Waals surface area contributed by atoms with Gasteiger partial charge in [0.25, 0.3) is 0 Å². The molecule has 0 aromatic carbocycles. The van der Waals surface area contributed by atoms with E-state index in [9.17, 15) is 26.3 Å². The first-order valence-corrected chi connectivity index (χ1v) is 7.10. The lowest BCUT2D eigenvalue weighted by Crippen LogP contribution is -2.35. The van der Waals surface area contributed by atoms with Crippen molar-refractivity contribution in [3.8, 4) is 11.5 Å². The smallest absolute Gasteiger partial charge is 0.343 e. The molecule has 2 N–H and O–H groups in total. The molecule has 2 rings (SSSR count). The van der Waals surface area contributed by atoms with Crippen LogP contribution in [0.3, 0.4) is 0 Å². The quantitative estimate of drug-likeness (QED) is 0.553. The van der Waals surface area contributed by atoms with Crippen LogP contribution in [0.1, 0.15) is 23.3 Å². The zero-order chi connectivity index (χ0) is 26.3. The maximum Gasteiger partial charge on any atom is 0.408 e. The fourth-order valence-electron chi connectivity index (χ4n) is 1.54. The van der Waals surface area contributed by atoms with Crippen molar-refractivity contribution in [1.82, 2.24) is 19.9 Å². The van der Waals surface area contributed by atoms with Crippen molar-refractivity contribution in [1.29, 1.82) is 0 Å². The zero-order valence-electron chi connectivity index (χ0n) is 19.7. The number of pyridine rings is 1. The molecule has 2 heterocycles. The molecule has 2 aromatic rings. The molecule has 0 unspecified atom stereocenters. The molecule has 0 saturated carbocycles. The lowest BCUT2D eigenvalue weighted by molar-refractivity contribution is -0.139. The van der Waals surface area contributed by atoms with Gasteiger partial charge in [0, 0.05) is 8.22 Å². The minimum atomic E-state index is -5.74. The standard InChI is InChI=1S/C14H13ClF6N6/c1-6(13(16,17)18)22-11-25-10(8-4-3-5-9(15)24-8)26-12(27-11)23-7(2)14(19,20)21/h3-7H,1-2H3,(H2,22,23,25,26,27)/t6-,7-/m1/s1/i1D3,2D3,6D. The van der Waals surface area contributed by atoms with Gasteiger partial charge in [0.05, 0.1) is 1.37 Å². The minimum absolute atomic E-state index is 0.176. The fourth-order valence-corrected chi connectivity index (χ4v) is 1.70. The van der Waals surface area contributed by atoms with Crippen LogP contribution in [0, 0.1) is 0 Å². The lowest BCUT2D eigenvalue weighted by Gasteiger charge is -2.20. The van der Waals surface area contributed by atoms with Crippen LogP contribution in [0.25, 0.3) is 11.5 Å².